The second-order valence-corrected chi connectivity index (χ2v) is 10.2. The highest BCUT2D eigenvalue weighted by Gasteiger charge is 2.56. The van der Waals surface area contributed by atoms with Crippen LogP contribution in [0.15, 0.2) is 84.9 Å². The number of carbonyl (C=O) groups is 2. The Balaban J connectivity index is 1.42. The lowest BCUT2D eigenvalue weighted by Crippen LogP contribution is -2.48. The molecule has 0 aromatic heterocycles. The lowest BCUT2D eigenvalue weighted by atomic mass is 9.86. The second kappa shape index (κ2) is 11.2. The summed E-state index contributed by atoms with van der Waals surface area (Å²) in [5.41, 5.74) is -2.92. The molecule has 4 aromatic rings. The minimum atomic E-state index is -3.78. The van der Waals surface area contributed by atoms with Crippen LogP contribution in [0.2, 0.25) is 5.02 Å². The van der Waals surface area contributed by atoms with Crippen LogP contribution in [-0.2, 0) is 5.60 Å². The number of anilines is 2. The summed E-state index contributed by atoms with van der Waals surface area (Å²) in [6.07, 6.45) is -0.936. The van der Waals surface area contributed by atoms with Crippen LogP contribution in [0.3, 0.4) is 0 Å². The highest BCUT2D eigenvalue weighted by atomic mass is 35.5. The molecule has 0 aliphatic carbocycles. The molecule has 42 heavy (non-hydrogen) atoms. The van der Waals surface area contributed by atoms with E-state index in [1.54, 1.807) is 6.07 Å². The molecule has 5 rings (SSSR count). The fourth-order valence-electron chi connectivity index (χ4n) is 4.93. The van der Waals surface area contributed by atoms with Gasteiger partial charge in [-0.05, 0) is 66.2 Å². The molecule has 0 radical (unpaired) electrons. The van der Waals surface area contributed by atoms with Crippen molar-refractivity contribution in [3.8, 4) is 11.1 Å². The maximum Gasteiger partial charge on any atom is 0.284 e. The number of fused-ring (bicyclic) bond motifs is 1. The normalized spacial score (nSPS) is 17.7. The number of hydrogen-bond acceptors (Lipinski definition) is 4. The molecular formula is C31H23ClF4N2O4. The van der Waals surface area contributed by atoms with Gasteiger partial charge in [0.05, 0.1) is 17.9 Å². The summed E-state index contributed by atoms with van der Waals surface area (Å²) in [5, 5.41) is 23.2. The summed E-state index contributed by atoms with van der Waals surface area (Å²) in [7, 11) is 0. The average molecular weight is 599 g/mol. The molecule has 4 aromatic carbocycles. The minimum absolute atomic E-state index is 0.0299. The lowest BCUT2D eigenvalue weighted by Gasteiger charge is -2.33. The van der Waals surface area contributed by atoms with Gasteiger partial charge < -0.3 is 20.4 Å². The Bertz CT molecular complexity index is 1680. The van der Waals surface area contributed by atoms with Gasteiger partial charge in [0.25, 0.3) is 17.7 Å². The van der Waals surface area contributed by atoms with Crippen LogP contribution in [0.4, 0.5) is 28.9 Å². The van der Waals surface area contributed by atoms with Gasteiger partial charge in [-0.1, -0.05) is 35.9 Å². The Hall–Kier alpha value is -4.25. The van der Waals surface area contributed by atoms with Crippen LogP contribution in [0.1, 0.15) is 32.7 Å². The van der Waals surface area contributed by atoms with Crippen LogP contribution in [0, 0.1) is 11.6 Å². The summed E-state index contributed by atoms with van der Waals surface area (Å²) < 4.78 is 58.5. The number of nitrogens with zero attached hydrogens (tertiary/aromatic N) is 1. The van der Waals surface area contributed by atoms with Crippen molar-refractivity contribution in [1.29, 1.82) is 0 Å². The van der Waals surface area contributed by atoms with Crippen molar-refractivity contribution in [2.45, 2.75) is 17.9 Å². The maximum atomic E-state index is 15.0. The van der Waals surface area contributed by atoms with Crippen LogP contribution in [0.25, 0.3) is 11.1 Å². The fraction of sp³-hybridized carbons (Fsp3) is 0.161. The molecule has 0 saturated heterocycles. The van der Waals surface area contributed by atoms with Crippen molar-refractivity contribution in [3.63, 3.8) is 0 Å². The smallest absolute Gasteiger partial charge is 0.284 e. The third-order valence-electron chi connectivity index (χ3n) is 7.20. The van der Waals surface area contributed by atoms with Crippen molar-refractivity contribution in [1.82, 2.24) is 0 Å². The number of rotatable bonds is 5. The molecule has 0 spiro atoms. The Labute approximate surface area is 242 Å². The van der Waals surface area contributed by atoms with Crippen molar-refractivity contribution in [3.05, 3.63) is 118 Å². The van der Waals surface area contributed by atoms with E-state index in [0.29, 0.717) is 0 Å². The standard InChI is InChI=1S/C31H23ClF4N2O4/c32-19-7-12-27-25(15-19)30(42,17-39)31(35,36)13-14-38(27)29(41)18-5-9-21(10-6-18)37-28(40)24-16-20(33)8-11-22(24)23-3-1-2-4-26(23)34/h1-12,15-16,39,42H,13-14,17H2,(H,37,40)/t30-/m0/s1. The van der Waals surface area contributed by atoms with Crippen LogP contribution >= 0.6 is 11.6 Å². The molecule has 1 atom stereocenters. The predicted molar refractivity (Wildman–Crippen MR) is 150 cm³/mol. The Morgan fingerprint density at radius 1 is 0.929 bits per heavy atom. The SMILES string of the molecule is O=C(Nc1ccc(C(=O)N2CCC(F)(F)[C@](O)(CO)c3cc(Cl)ccc32)cc1)c1cc(F)ccc1-c1ccccc1F. The van der Waals surface area contributed by atoms with Crippen molar-refractivity contribution >= 4 is 34.8 Å². The third kappa shape index (κ3) is 5.24. The molecule has 6 nitrogen and oxygen atoms in total. The van der Waals surface area contributed by atoms with Gasteiger partial charge >= 0.3 is 0 Å². The number of hydrogen-bond donors (Lipinski definition) is 3. The number of benzene rings is 4. The van der Waals surface area contributed by atoms with E-state index >= 15 is 0 Å². The van der Waals surface area contributed by atoms with Crippen molar-refractivity contribution in [2.24, 2.45) is 0 Å². The van der Waals surface area contributed by atoms with E-state index in [9.17, 15) is 37.4 Å². The van der Waals surface area contributed by atoms with Crippen LogP contribution < -0.4 is 10.2 Å². The number of carbonyl (C=O) groups excluding carboxylic acids is 2. The summed E-state index contributed by atoms with van der Waals surface area (Å²) in [5.74, 6) is -6.47. The van der Waals surface area contributed by atoms with Gasteiger partial charge in [-0.15, -0.1) is 0 Å². The Morgan fingerprint density at radius 3 is 2.33 bits per heavy atom. The molecule has 11 heteroatoms. The van der Waals surface area contributed by atoms with Crippen molar-refractivity contribution < 1.29 is 37.4 Å². The van der Waals surface area contributed by atoms with Gasteiger partial charge in [0.15, 0.2) is 5.60 Å². The molecule has 1 aliphatic heterocycles. The average Bonchev–Trinajstić information content (AvgIpc) is 3.05. The number of aliphatic hydroxyl groups is 2. The van der Waals surface area contributed by atoms with E-state index in [-0.39, 0.29) is 38.7 Å². The van der Waals surface area contributed by atoms with Gasteiger partial charge in [0.1, 0.15) is 11.6 Å². The highest BCUT2D eigenvalue weighted by molar-refractivity contribution is 6.30. The summed E-state index contributed by atoms with van der Waals surface area (Å²) in [6, 6.07) is 18.5. The van der Waals surface area contributed by atoms with E-state index in [1.165, 1.54) is 60.7 Å². The lowest BCUT2D eigenvalue weighted by molar-refractivity contribution is -0.205. The molecule has 0 fully saturated rings. The van der Waals surface area contributed by atoms with E-state index in [2.05, 4.69) is 5.32 Å². The topological polar surface area (TPSA) is 89.9 Å². The number of amides is 2. The maximum absolute atomic E-state index is 15.0. The first kappa shape index (κ1) is 29.2. The fourth-order valence-corrected chi connectivity index (χ4v) is 5.10. The number of nitrogens with one attached hydrogen (secondary N) is 1. The zero-order valence-corrected chi connectivity index (χ0v) is 22.5. The molecule has 0 unspecified atom stereocenters. The molecule has 2 amide bonds. The van der Waals surface area contributed by atoms with Crippen molar-refractivity contribution in [2.75, 3.05) is 23.4 Å². The van der Waals surface area contributed by atoms with E-state index in [4.69, 9.17) is 11.6 Å². The Morgan fingerprint density at radius 2 is 1.64 bits per heavy atom. The predicted octanol–water partition coefficient (Wildman–Crippen LogP) is 6.40. The minimum Gasteiger partial charge on any atom is -0.393 e. The first-order chi connectivity index (χ1) is 19.9. The molecule has 3 N–H and O–H groups in total. The quantitative estimate of drug-likeness (QED) is 0.232. The molecule has 0 bridgehead atoms. The second-order valence-electron chi connectivity index (χ2n) is 9.79. The van der Waals surface area contributed by atoms with Crippen LogP contribution in [-0.4, -0.2) is 41.1 Å². The summed E-state index contributed by atoms with van der Waals surface area (Å²) in [6.45, 7) is -1.77. The van der Waals surface area contributed by atoms with E-state index in [0.717, 1.165) is 23.1 Å². The third-order valence-corrected chi connectivity index (χ3v) is 7.44. The first-order valence-corrected chi connectivity index (χ1v) is 13.1. The van der Waals surface area contributed by atoms with Crippen LogP contribution in [0.5, 0.6) is 0 Å². The highest BCUT2D eigenvalue weighted by Crippen LogP contribution is 2.47. The van der Waals surface area contributed by atoms with Gasteiger partial charge in [-0.3, -0.25) is 9.59 Å². The van der Waals surface area contributed by atoms with Gasteiger partial charge in [0, 0.05) is 40.4 Å². The first-order valence-electron chi connectivity index (χ1n) is 12.7. The number of halogens is 5. The zero-order chi connectivity index (χ0) is 30.2. The number of aliphatic hydroxyl groups excluding tert-OH is 1. The summed E-state index contributed by atoms with van der Waals surface area (Å²) in [4.78, 5) is 27.6. The molecular weight excluding hydrogens is 576 g/mol. The van der Waals surface area contributed by atoms with E-state index < -0.39 is 60.1 Å². The van der Waals surface area contributed by atoms with Gasteiger partial charge in [0.2, 0.25) is 0 Å². The molecule has 216 valence electrons. The van der Waals surface area contributed by atoms with Gasteiger partial charge in [-0.2, -0.15) is 0 Å². The van der Waals surface area contributed by atoms with E-state index in [1.807, 2.05) is 0 Å². The largest absolute Gasteiger partial charge is 0.393 e. The molecule has 1 heterocycles. The van der Waals surface area contributed by atoms with Gasteiger partial charge in [-0.25, -0.2) is 17.6 Å². The monoisotopic (exact) mass is 598 g/mol. The Kier molecular flexibility index (Phi) is 7.80. The zero-order valence-electron chi connectivity index (χ0n) is 21.8. The molecule has 0 saturated carbocycles. The molecule has 1 aliphatic rings. The summed E-state index contributed by atoms with van der Waals surface area (Å²) >= 11 is 6.00. The number of alkyl halides is 2.